The molecule has 4 rings (SSSR count). The first kappa shape index (κ1) is 23.6. The van der Waals surface area contributed by atoms with E-state index in [1.807, 2.05) is 0 Å². The van der Waals surface area contributed by atoms with Crippen molar-refractivity contribution in [3.63, 3.8) is 0 Å². The van der Waals surface area contributed by atoms with Gasteiger partial charge in [-0.3, -0.25) is 9.69 Å². The van der Waals surface area contributed by atoms with Gasteiger partial charge in [0.05, 0.1) is 0 Å². The lowest BCUT2D eigenvalue weighted by atomic mass is 9.90. The molecule has 2 saturated heterocycles. The predicted molar refractivity (Wildman–Crippen MR) is 128 cm³/mol. The third kappa shape index (κ3) is 6.95. The number of amides is 1. The standard InChI is InChI=1S/C27H33F2N3O/c28-25-18-22(19-26(29)20-25)9-10-27(33)32-16-14-30(15-17-32)12-5-13-31-11-4-8-24(21-31)23-6-2-1-3-7-23/h1-3,6-7,9-10,18-20,24H,4-5,8,11-17,21H2/b10-9+. The van der Waals surface area contributed by atoms with E-state index < -0.39 is 11.6 Å². The molecule has 0 N–H and O–H groups in total. The molecule has 4 nitrogen and oxygen atoms in total. The monoisotopic (exact) mass is 453 g/mol. The van der Waals surface area contributed by atoms with E-state index in [1.165, 1.54) is 49.2 Å². The zero-order valence-electron chi connectivity index (χ0n) is 19.1. The quantitative estimate of drug-likeness (QED) is 0.582. The van der Waals surface area contributed by atoms with Gasteiger partial charge in [-0.25, -0.2) is 8.78 Å². The summed E-state index contributed by atoms with van der Waals surface area (Å²) in [6.07, 6.45) is 6.56. The lowest BCUT2D eigenvalue weighted by Crippen LogP contribution is -2.48. The minimum atomic E-state index is -0.643. The van der Waals surface area contributed by atoms with E-state index in [1.54, 1.807) is 4.90 Å². The number of benzene rings is 2. The van der Waals surface area contributed by atoms with Crippen molar-refractivity contribution in [1.82, 2.24) is 14.7 Å². The van der Waals surface area contributed by atoms with Crippen LogP contribution in [0.1, 0.15) is 36.3 Å². The molecule has 2 aromatic carbocycles. The van der Waals surface area contributed by atoms with Crippen LogP contribution in [0.5, 0.6) is 0 Å². The minimum absolute atomic E-state index is 0.111. The van der Waals surface area contributed by atoms with Crippen molar-refractivity contribution in [3.8, 4) is 0 Å². The summed E-state index contributed by atoms with van der Waals surface area (Å²) in [7, 11) is 0. The molecule has 33 heavy (non-hydrogen) atoms. The SMILES string of the molecule is O=C(/C=C/c1cc(F)cc(F)c1)N1CCN(CCCN2CCCC(c3ccccc3)C2)CC1. The van der Waals surface area contributed by atoms with Crippen LogP contribution in [0.25, 0.3) is 6.08 Å². The third-order valence-electron chi connectivity index (χ3n) is 6.71. The van der Waals surface area contributed by atoms with Crippen molar-refractivity contribution in [1.29, 1.82) is 0 Å². The number of piperidine rings is 1. The molecule has 2 fully saturated rings. The minimum Gasteiger partial charge on any atom is -0.337 e. The second-order valence-corrected chi connectivity index (χ2v) is 9.11. The second-order valence-electron chi connectivity index (χ2n) is 9.11. The van der Waals surface area contributed by atoms with Crippen molar-refractivity contribution in [2.75, 3.05) is 52.4 Å². The molecule has 0 radical (unpaired) electrons. The molecule has 2 aliphatic heterocycles. The van der Waals surface area contributed by atoms with Gasteiger partial charge in [-0.2, -0.15) is 0 Å². The van der Waals surface area contributed by atoms with Gasteiger partial charge in [-0.15, -0.1) is 0 Å². The fourth-order valence-electron chi connectivity index (χ4n) is 4.91. The summed E-state index contributed by atoms with van der Waals surface area (Å²) in [5.74, 6) is -0.752. The van der Waals surface area contributed by atoms with Gasteiger partial charge in [-0.05, 0) is 74.2 Å². The Morgan fingerprint density at radius 3 is 2.33 bits per heavy atom. The predicted octanol–water partition coefficient (Wildman–Crippen LogP) is 4.39. The van der Waals surface area contributed by atoms with E-state index in [9.17, 15) is 13.6 Å². The average molecular weight is 454 g/mol. The summed E-state index contributed by atoms with van der Waals surface area (Å²) in [6, 6.07) is 14.1. The Morgan fingerprint density at radius 1 is 0.909 bits per heavy atom. The van der Waals surface area contributed by atoms with E-state index in [0.717, 1.165) is 45.2 Å². The van der Waals surface area contributed by atoms with Gasteiger partial charge in [-0.1, -0.05) is 30.3 Å². The average Bonchev–Trinajstić information content (AvgIpc) is 2.83. The van der Waals surface area contributed by atoms with E-state index in [4.69, 9.17) is 0 Å². The van der Waals surface area contributed by atoms with Crippen molar-refractivity contribution in [2.24, 2.45) is 0 Å². The number of halogens is 2. The Bertz CT molecular complexity index is 921. The van der Waals surface area contributed by atoms with Crippen molar-refractivity contribution >= 4 is 12.0 Å². The molecule has 0 spiro atoms. The maximum Gasteiger partial charge on any atom is 0.246 e. The van der Waals surface area contributed by atoms with Crippen LogP contribution in [-0.2, 0) is 4.79 Å². The lowest BCUT2D eigenvalue weighted by molar-refractivity contribution is -0.127. The number of piperazine rings is 1. The van der Waals surface area contributed by atoms with Crippen LogP contribution in [-0.4, -0.2) is 73.0 Å². The highest BCUT2D eigenvalue weighted by molar-refractivity contribution is 5.91. The molecule has 1 amide bonds. The van der Waals surface area contributed by atoms with Crippen molar-refractivity contribution < 1.29 is 13.6 Å². The van der Waals surface area contributed by atoms with Crippen molar-refractivity contribution in [3.05, 3.63) is 77.4 Å². The van der Waals surface area contributed by atoms with Crippen LogP contribution in [0.2, 0.25) is 0 Å². The normalized spacial score (nSPS) is 20.4. The first-order valence-corrected chi connectivity index (χ1v) is 12.0. The molecule has 1 unspecified atom stereocenters. The number of carbonyl (C=O) groups is 1. The highest BCUT2D eigenvalue weighted by Gasteiger charge is 2.22. The van der Waals surface area contributed by atoms with E-state index in [2.05, 4.69) is 40.1 Å². The van der Waals surface area contributed by atoms with Crippen LogP contribution in [0.4, 0.5) is 8.78 Å². The van der Waals surface area contributed by atoms with Crippen LogP contribution < -0.4 is 0 Å². The number of nitrogens with zero attached hydrogens (tertiary/aromatic N) is 3. The van der Waals surface area contributed by atoms with E-state index >= 15 is 0 Å². The Morgan fingerprint density at radius 2 is 1.61 bits per heavy atom. The Kier molecular flexibility index (Phi) is 8.24. The molecule has 6 heteroatoms. The lowest BCUT2D eigenvalue weighted by Gasteiger charge is -2.36. The van der Waals surface area contributed by atoms with E-state index in [0.29, 0.717) is 24.6 Å². The molecule has 0 aliphatic carbocycles. The number of likely N-dealkylation sites (tertiary alicyclic amines) is 1. The Balaban J connectivity index is 1.16. The summed E-state index contributed by atoms with van der Waals surface area (Å²) in [5.41, 5.74) is 1.81. The van der Waals surface area contributed by atoms with E-state index in [-0.39, 0.29) is 5.91 Å². The third-order valence-corrected chi connectivity index (χ3v) is 6.71. The smallest absolute Gasteiger partial charge is 0.246 e. The highest BCUT2D eigenvalue weighted by atomic mass is 19.1. The molecule has 0 bridgehead atoms. The molecular formula is C27H33F2N3O. The zero-order chi connectivity index (χ0) is 23.0. The number of hydrogen-bond acceptors (Lipinski definition) is 3. The van der Waals surface area contributed by atoms with Crippen LogP contribution in [0, 0.1) is 11.6 Å². The second kappa shape index (κ2) is 11.5. The Hall–Kier alpha value is -2.57. The van der Waals surface area contributed by atoms with Gasteiger partial charge >= 0.3 is 0 Å². The van der Waals surface area contributed by atoms with Gasteiger partial charge in [0.25, 0.3) is 0 Å². The van der Waals surface area contributed by atoms with Crippen LogP contribution in [0.3, 0.4) is 0 Å². The molecular weight excluding hydrogens is 420 g/mol. The summed E-state index contributed by atoms with van der Waals surface area (Å²) < 4.78 is 26.6. The largest absolute Gasteiger partial charge is 0.337 e. The number of rotatable bonds is 7. The topological polar surface area (TPSA) is 26.8 Å². The van der Waals surface area contributed by atoms with Gasteiger partial charge in [0.1, 0.15) is 11.6 Å². The molecule has 1 atom stereocenters. The fraction of sp³-hybridized carbons (Fsp3) is 0.444. The highest BCUT2D eigenvalue weighted by Crippen LogP contribution is 2.26. The number of carbonyl (C=O) groups excluding carboxylic acids is 1. The molecule has 0 saturated carbocycles. The fourth-order valence-corrected chi connectivity index (χ4v) is 4.91. The summed E-state index contributed by atoms with van der Waals surface area (Å²) >= 11 is 0. The molecule has 2 aromatic rings. The van der Waals surface area contributed by atoms with Gasteiger partial charge in [0.2, 0.25) is 5.91 Å². The molecule has 0 aromatic heterocycles. The van der Waals surface area contributed by atoms with Crippen LogP contribution in [0.15, 0.2) is 54.6 Å². The summed E-state index contributed by atoms with van der Waals surface area (Å²) in [6.45, 7) is 7.59. The summed E-state index contributed by atoms with van der Waals surface area (Å²) in [4.78, 5) is 19.3. The maximum atomic E-state index is 13.3. The van der Waals surface area contributed by atoms with Crippen LogP contribution >= 0.6 is 0 Å². The first-order valence-electron chi connectivity index (χ1n) is 12.0. The van der Waals surface area contributed by atoms with Gasteiger partial charge < -0.3 is 9.80 Å². The molecule has 2 aliphatic rings. The first-order chi connectivity index (χ1) is 16.1. The summed E-state index contributed by atoms with van der Waals surface area (Å²) in [5, 5.41) is 0. The van der Waals surface area contributed by atoms with Gasteiger partial charge in [0, 0.05) is 44.9 Å². The van der Waals surface area contributed by atoms with Crippen molar-refractivity contribution in [2.45, 2.75) is 25.2 Å². The number of hydrogen-bond donors (Lipinski definition) is 0. The molecule has 176 valence electrons. The molecule has 2 heterocycles. The maximum absolute atomic E-state index is 13.3. The Labute approximate surface area is 195 Å². The zero-order valence-corrected chi connectivity index (χ0v) is 19.1. The van der Waals surface area contributed by atoms with Gasteiger partial charge in [0.15, 0.2) is 0 Å².